The van der Waals surface area contributed by atoms with E-state index < -0.39 is 20.6 Å². The number of benzene rings is 3. The fourth-order valence-electron chi connectivity index (χ4n) is 3.20. The lowest BCUT2D eigenvalue weighted by Crippen LogP contribution is -2.38. The monoisotopic (exact) mass is 492 g/mol. The van der Waals surface area contributed by atoms with Gasteiger partial charge < -0.3 is 10.2 Å². The zero-order valence-electron chi connectivity index (χ0n) is 14.3. The third-order valence-electron chi connectivity index (χ3n) is 4.37. The van der Waals surface area contributed by atoms with Gasteiger partial charge in [-0.25, -0.2) is 0 Å². The van der Waals surface area contributed by atoms with Gasteiger partial charge in [0.05, 0.1) is 15.1 Å². The Bertz CT molecular complexity index is 1170. The molecule has 10 heteroatoms. The first-order valence-corrected chi connectivity index (χ1v) is 10.8. The fourth-order valence-corrected chi connectivity index (χ4v) is 5.51. The van der Waals surface area contributed by atoms with Gasteiger partial charge in [-0.1, -0.05) is 64.6 Å². The molecule has 3 aromatic rings. The van der Waals surface area contributed by atoms with Crippen LogP contribution in [0.15, 0.2) is 54.6 Å². The van der Waals surface area contributed by atoms with Crippen LogP contribution < -0.4 is 0 Å². The Hall–Kier alpha value is -1.67. The van der Waals surface area contributed by atoms with Crippen molar-refractivity contribution in [2.24, 2.45) is 0 Å². The molecule has 0 fully saturated rings. The van der Waals surface area contributed by atoms with Crippen molar-refractivity contribution in [2.45, 2.75) is 4.75 Å². The van der Waals surface area contributed by atoms with Crippen molar-refractivity contribution >= 4 is 56.5 Å². The number of hydrogen-bond acceptors (Lipinski definition) is 4. The Morgan fingerprint density at radius 1 is 0.724 bits per heavy atom. The molecule has 1 atom stereocenters. The highest BCUT2D eigenvalue weighted by Gasteiger charge is 2.51. The van der Waals surface area contributed by atoms with Crippen LogP contribution in [0.25, 0.3) is 0 Å². The van der Waals surface area contributed by atoms with E-state index in [0.717, 1.165) is 6.07 Å². The molecule has 152 valence electrons. The lowest BCUT2D eigenvalue weighted by molar-refractivity contribution is 0.440. The van der Waals surface area contributed by atoms with Crippen LogP contribution in [-0.2, 0) is 14.9 Å². The second-order valence-electron chi connectivity index (χ2n) is 6.11. The maximum atomic E-state index is 12.9. The van der Waals surface area contributed by atoms with Crippen LogP contribution in [0.1, 0.15) is 16.7 Å². The molecular formula is C19H12Cl4O5S. The summed E-state index contributed by atoms with van der Waals surface area (Å²) in [6, 6.07) is 11.3. The minimum absolute atomic E-state index is 0.0144. The van der Waals surface area contributed by atoms with Gasteiger partial charge in [-0.3, -0.25) is 4.55 Å². The molecule has 0 bridgehead atoms. The molecule has 0 radical (unpaired) electrons. The molecule has 0 amide bonds. The van der Waals surface area contributed by atoms with Gasteiger partial charge in [0.1, 0.15) is 11.5 Å². The molecule has 3 aromatic carbocycles. The summed E-state index contributed by atoms with van der Waals surface area (Å²) in [5, 5.41) is 20.3. The van der Waals surface area contributed by atoms with Gasteiger partial charge in [0, 0.05) is 10.6 Å². The lowest BCUT2D eigenvalue weighted by Gasteiger charge is -2.34. The highest BCUT2D eigenvalue weighted by molar-refractivity contribution is 7.87. The molecule has 0 aromatic heterocycles. The summed E-state index contributed by atoms with van der Waals surface area (Å²) in [6.07, 6.45) is 0. The average Bonchev–Trinajstić information content (AvgIpc) is 2.60. The number of phenols is 2. The van der Waals surface area contributed by atoms with Crippen LogP contribution in [0.5, 0.6) is 11.5 Å². The molecule has 3 N–H and O–H groups in total. The van der Waals surface area contributed by atoms with E-state index in [1.54, 1.807) is 0 Å². The van der Waals surface area contributed by atoms with Crippen LogP contribution >= 0.6 is 46.4 Å². The Labute approximate surface area is 186 Å². The Kier molecular flexibility index (Phi) is 5.98. The maximum absolute atomic E-state index is 12.9. The third-order valence-corrected chi connectivity index (χ3v) is 7.08. The van der Waals surface area contributed by atoms with Crippen LogP contribution in [0, 0.1) is 0 Å². The smallest absolute Gasteiger partial charge is 0.283 e. The van der Waals surface area contributed by atoms with Crippen molar-refractivity contribution in [2.75, 3.05) is 0 Å². The topological polar surface area (TPSA) is 94.8 Å². The van der Waals surface area contributed by atoms with Gasteiger partial charge in [0.25, 0.3) is 10.1 Å². The zero-order valence-corrected chi connectivity index (χ0v) is 18.1. The first-order chi connectivity index (χ1) is 13.5. The summed E-state index contributed by atoms with van der Waals surface area (Å²) < 4.78 is 33.9. The van der Waals surface area contributed by atoms with Crippen molar-refractivity contribution in [3.05, 3.63) is 91.4 Å². The second-order valence-corrected chi connectivity index (χ2v) is 9.33. The SMILES string of the molecule is O=S(=O)(O)C(c1ccc(O)cc1)(c1ccc(Cl)c(Cl)c1)c1c(O)cc(Cl)cc1Cl. The van der Waals surface area contributed by atoms with Gasteiger partial charge >= 0.3 is 0 Å². The summed E-state index contributed by atoms with van der Waals surface area (Å²) in [5.41, 5.74) is -0.398. The average molecular weight is 494 g/mol. The van der Waals surface area contributed by atoms with Gasteiger partial charge in [0.2, 0.25) is 0 Å². The van der Waals surface area contributed by atoms with Gasteiger partial charge in [-0.15, -0.1) is 0 Å². The highest BCUT2D eigenvalue weighted by atomic mass is 35.5. The van der Waals surface area contributed by atoms with Crippen molar-refractivity contribution in [1.29, 1.82) is 0 Å². The predicted molar refractivity (Wildman–Crippen MR) is 114 cm³/mol. The molecule has 29 heavy (non-hydrogen) atoms. The van der Waals surface area contributed by atoms with E-state index in [1.165, 1.54) is 48.5 Å². The van der Waals surface area contributed by atoms with E-state index >= 15 is 0 Å². The molecule has 0 spiro atoms. The summed E-state index contributed by atoms with van der Waals surface area (Å²) in [7, 11) is -5.06. The van der Waals surface area contributed by atoms with Crippen LogP contribution in [-0.4, -0.2) is 23.2 Å². The van der Waals surface area contributed by atoms with E-state index in [1.807, 2.05) is 0 Å². The number of phenolic OH excluding ortho intramolecular Hbond substituents is 2. The molecule has 0 heterocycles. The Morgan fingerprint density at radius 2 is 1.31 bits per heavy atom. The predicted octanol–water partition coefficient (Wildman–Crippen LogP) is 5.89. The number of hydrogen-bond donors (Lipinski definition) is 3. The zero-order chi connectivity index (χ0) is 21.6. The van der Waals surface area contributed by atoms with Crippen LogP contribution in [0.2, 0.25) is 20.1 Å². The standard InChI is InChI=1S/C19H12Cl4O5S/c20-12-8-16(23)18(17(25)9-12)19(29(26,27)28,10-1-4-13(24)5-2-10)11-3-6-14(21)15(22)7-11/h1-9,24-25H,(H,26,27,28). The summed E-state index contributed by atoms with van der Waals surface area (Å²) in [5.74, 6) is -0.710. The van der Waals surface area contributed by atoms with Crippen molar-refractivity contribution in [3.63, 3.8) is 0 Å². The first-order valence-electron chi connectivity index (χ1n) is 7.89. The lowest BCUT2D eigenvalue weighted by atomic mass is 9.83. The minimum atomic E-state index is -5.06. The minimum Gasteiger partial charge on any atom is -0.508 e. The summed E-state index contributed by atoms with van der Waals surface area (Å²) >= 11 is 24.3. The second kappa shape index (κ2) is 7.87. The molecule has 1 unspecified atom stereocenters. The largest absolute Gasteiger partial charge is 0.508 e. The Morgan fingerprint density at radius 3 is 1.83 bits per heavy atom. The molecule has 0 aliphatic rings. The number of rotatable bonds is 4. The molecule has 3 rings (SSSR count). The molecule has 0 aliphatic heterocycles. The summed E-state index contributed by atoms with van der Waals surface area (Å²) in [4.78, 5) is 0. The maximum Gasteiger partial charge on any atom is 0.283 e. The van der Waals surface area contributed by atoms with Crippen molar-refractivity contribution < 1.29 is 23.2 Å². The number of aromatic hydroxyl groups is 2. The molecule has 0 saturated carbocycles. The van der Waals surface area contributed by atoms with E-state index in [0.29, 0.717) is 0 Å². The van der Waals surface area contributed by atoms with E-state index in [9.17, 15) is 23.2 Å². The molecule has 5 nitrogen and oxygen atoms in total. The normalized spacial score (nSPS) is 13.8. The van der Waals surface area contributed by atoms with Gasteiger partial charge in [-0.05, 0) is 47.5 Å². The Balaban J connectivity index is 2.58. The van der Waals surface area contributed by atoms with Gasteiger partial charge in [0.15, 0.2) is 4.75 Å². The fraction of sp³-hybridized carbons (Fsp3) is 0.0526. The van der Waals surface area contributed by atoms with Crippen LogP contribution in [0.4, 0.5) is 0 Å². The quantitative estimate of drug-likeness (QED) is 0.311. The van der Waals surface area contributed by atoms with Crippen molar-refractivity contribution in [3.8, 4) is 11.5 Å². The van der Waals surface area contributed by atoms with Crippen LogP contribution in [0.3, 0.4) is 0 Å². The van der Waals surface area contributed by atoms with Gasteiger partial charge in [-0.2, -0.15) is 8.42 Å². The van der Waals surface area contributed by atoms with E-state index in [2.05, 4.69) is 0 Å². The molecule has 0 aliphatic carbocycles. The molecule has 0 saturated heterocycles. The highest BCUT2D eigenvalue weighted by Crippen LogP contribution is 2.51. The first kappa shape index (κ1) is 22.0. The molecular weight excluding hydrogens is 482 g/mol. The summed E-state index contributed by atoms with van der Waals surface area (Å²) in [6.45, 7) is 0. The van der Waals surface area contributed by atoms with E-state index in [4.69, 9.17) is 46.4 Å². The van der Waals surface area contributed by atoms with Crippen molar-refractivity contribution in [1.82, 2.24) is 0 Å². The van der Waals surface area contributed by atoms with E-state index in [-0.39, 0.29) is 42.5 Å². The number of halogens is 4. The third kappa shape index (κ3) is 3.77.